The normalized spacial score (nSPS) is 22.1. The Hall–Kier alpha value is -0.830. The average Bonchev–Trinajstić information content (AvgIpc) is 2.69. The minimum atomic E-state index is 0.212. The van der Waals surface area contributed by atoms with Gasteiger partial charge >= 0.3 is 0 Å². The highest BCUT2D eigenvalue weighted by Gasteiger charge is 2.40. The lowest BCUT2D eigenvalue weighted by molar-refractivity contribution is 0.352. The molecule has 0 bridgehead atoms. The highest BCUT2D eigenvalue weighted by atomic mass is 16.5. The van der Waals surface area contributed by atoms with Gasteiger partial charge in [-0.15, -0.1) is 0 Å². The van der Waals surface area contributed by atoms with Gasteiger partial charge in [-0.2, -0.15) is 0 Å². The standard InChI is InChI=1S/C14H24N2O/c1-9(2)7-15-8-11-12-13(17-16-11)10(3)6-14(12,4)5/h9-10,15H,6-8H2,1-5H3. The summed E-state index contributed by atoms with van der Waals surface area (Å²) in [6.07, 6.45) is 1.17. The summed E-state index contributed by atoms with van der Waals surface area (Å²) in [6, 6.07) is 0. The fraction of sp³-hybridized carbons (Fsp3) is 0.786. The molecular weight excluding hydrogens is 212 g/mol. The predicted octanol–water partition coefficient (Wildman–Crippen LogP) is 3.21. The first kappa shape index (κ1) is 12.6. The van der Waals surface area contributed by atoms with E-state index in [1.54, 1.807) is 0 Å². The molecule has 17 heavy (non-hydrogen) atoms. The molecular formula is C14H24N2O. The van der Waals surface area contributed by atoms with E-state index in [4.69, 9.17) is 4.52 Å². The van der Waals surface area contributed by atoms with Crippen molar-refractivity contribution in [1.82, 2.24) is 10.5 Å². The average molecular weight is 236 g/mol. The minimum absolute atomic E-state index is 0.212. The van der Waals surface area contributed by atoms with E-state index in [-0.39, 0.29) is 5.41 Å². The van der Waals surface area contributed by atoms with Crippen molar-refractivity contribution >= 4 is 0 Å². The summed E-state index contributed by atoms with van der Waals surface area (Å²) >= 11 is 0. The molecule has 0 saturated carbocycles. The van der Waals surface area contributed by atoms with Crippen LogP contribution in [0, 0.1) is 5.92 Å². The summed E-state index contributed by atoms with van der Waals surface area (Å²) in [5, 5.41) is 7.69. The Balaban J connectivity index is 2.13. The molecule has 0 amide bonds. The van der Waals surface area contributed by atoms with Crippen LogP contribution in [-0.2, 0) is 12.0 Å². The molecule has 1 heterocycles. The maximum atomic E-state index is 5.52. The number of hydrogen-bond acceptors (Lipinski definition) is 3. The minimum Gasteiger partial charge on any atom is -0.360 e. The summed E-state index contributed by atoms with van der Waals surface area (Å²) in [5.74, 6) is 2.28. The van der Waals surface area contributed by atoms with Crippen LogP contribution in [0.4, 0.5) is 0 Å². The molecule has 0 aromatic carbocycles. The topological polar surface area (TPSA) is 38.1 Å². The van der Waals surface area contributed by atoms with E-state index in [9.17, 15) is 0 Å². The zero-order valence-electron chi connectivity index (χ0n) is 11.6. The molecule has 1 atom stereocenters. The van der Waals surface area contributed by atoms with E-state index in [0.717, 1.165) is 24.5 Å². The third-order valence-electron chi connectivity index (χ3n) is 3.58. The van der Waals surface area contributed by atoms with Crippen LogP contribution in [0.25, 0.3) is 0 Å². The van der Waals surface area contributed by atoms with E-state index >= 15 is 0 Å². The van der Waals surface area contributed by atoms with Crippen molar-refractivity contribution in [2.24, 2.45) is 5.92 Å². The van der Waals surface area contributed by atoms with Crippen LogP contribution >= 0.6 is 0 Å². The molecule has 1 aliphatic carbocycles. The van der Waals surface area contributed by atoms with E-state index in [1.165, 1.54) is 12.0 Å². The number of rotatable bonds is 4. The Bertz CT molecular complexity index is 393. The van der Waals surface area contributed by atoms with Crippen LogP contribution in [0.5, 0.6) is 0 Å². The van der Waals surface area contributed by atoms with Crippen LogP contribution < -0.4 is 5.32 Å². The third-order valence-corrected chi connectivity index (χ3v) is 3.58. The highest BCUT2D eigenvalue weighted by Crippen LogP contribution is 2.47. The fourth-order valence-corrected chi connectivity index (χ4v) is 2.96. The van der Waals surface area contributed by atoms with Gasteiger partial charge in [-0.1, -0.05) is 39.8 Å². The highest BCUT2D eigenvalue weighted by molar-refractivity contribution is 5.38. The van der Waals surface area contributed by atoms with E-state index < -0.39 is 0 Å². The molecule has 0 saturated heterocycles. The van der Waals surface area contributed by atoms with Gasteiger partial charge in [0.15, 0.2) is 0 Å². The fourth-order valence-electron chi connectivity index (χ4n) is 2.96. The van der Waals surface area contributed by atoms with E-state index in [1.807, 2.05) is 0 Å². The summed E-state index contributed by atoms with van der Waals surface area (Å²) in [4.78, 5) is 0. The number of fused-ring (bicyclic) bond motifs is 1. The Labute approximate surface area is 104 Å². The van der Waals surface area contributed by atoms with Gasteiger partial charge in [0.2, 0.25) is 0 Å². The first-order chi connectivity index (χ1) is 7.92. The van der Waals surface area contributed by atoms with Crippen LogP contribution in [0.1, 0.15) is 64.0 Å². The van der Waals surface area contributed by atoms with Crippen molar-refractivity contribution in [2.75, 3.05) is 6.54 Å². The SMILES string of the molecule is CC(C)CNCc1noc2c1C(C)(C)CC2C. The molecule has 0 radical (unpaired) electrons. The molecule has 0 spiro atoms. The lowest BCUT2D eigenvalue weighted by Gasteiger charge is -2.19. The van der Waals surface area contributed by atoms with Crippen molar-refractivity contribution in [3.63, 3.8) is 0 Å². The molecule has 1 aromatic heterocycles. The van der Waals surface area contributed by atoms with Crippen LogP contribution in [0.3, 0.4) is 0 Å². The van der Waals surface area contributed by atoms with Crippen LogP contribution in [0.2, 0.25) is 0 Å². The van der Waals surface area contributed by atoms with Gasteiger partial charge in [0.05, 0.1) is 0 Å². The zero-order chi connectivity index (χ0) is 12.6. The van der Waals surface area contributed by atoms with Crippen molar-refractivity contribution in [2.45, 2.75) is 58.9 Å². The molecule has 3 nitrogen and oxygen atoms in total. The van der Waals surface area contributed by atoms with Gasteiger partial charge < -0.3 is 9.84 Å². The lowest BCUT2D eigenvalue weighted by atomic mass is 9.85. The van der Waals surface area contributed by atoms with Crippen LogP contribution in [0.15, 0.2) is 4.52 Å². The molecule has 96 valence electrons. The monoisotopic (exact) mass is 236 g/mol. The second-order valence-electron chi connectivity index (χ2n) is 6.38. The zero-order valence-corrected chi connectivity index (χ0v) is 11.6. The number of aromatic nitrogens is 1. The summed E-state index contributed by atoms with van der Waals surface area (Å²) in [6.45, 7) is 13.1. The maximum absolute atomic E-state index is 5.52. The Morgan fingerprint density at radius 2 is 2.18 bits per heavy atom. The number of hydrogen-bond donors (Lipinski definition) is 1. The Morgan fingerprint density at radius 1 is 1.47 bits per heavy atom. The van der Waals surface area contributed by atoms with Gasteiger partial charge in [0, 0.05) is 18.0 Å². The lowest BCUT2D eigenvalue weighted by Crippen LogP contribution is -2.22. The first-order valence-electron chi connectivity index (χ1n) is 6.61. The van der Waals surface area contributed by atoms with Crippen molar-refractivity contribution in [3.8, 4) is 0 Å². The molecule has 1 N–H and O–H groups in total. The van der Waals surface area contributed by atoms with Gasteiger partial charge in [-0.3, -0.25) is 0 Å². The predicted molar refractivity (Wildman–Crippen MR) is 69.1 cm³/mol. The number of nitrogens with zero attached hydrogens (tertiary/aromatic N) is 1. The second-order valence-corrected chi connectivity index (χ2v) is 6.38. The quantitative estimate of drug-likeness (QED) is 0.872. The van der Waals surface area contributed by atoms with Gasteiger partial charge in [-0.25, -0.2) is 0 Å². The largest absolute Gasteiger partial charge is 0.360 e. The summed E-state index contributed by atoms with van der Waals surface area (Å²) in [7, 11) is 0. The van der Waals surface area contributed by atoms with E-state index in [2.05, 4.69) is 45.1 Å². The van der Waals surface area contributed by atoms with E-state index in [0.29, 0.717) is 11.8 Å². The van der Waals surface area contributed by atoms with Gasteiger partial charge in [0.1, 0.15) is 11.5 Å². The van der Waals surface area contributed by atoms with Crippen LogP contribution in [-0.4, -0.2) is 11.7 Å². The third kappa shape index (κ3) is 2.39. The maximum Gasteiger partial charge on any atom is 0.143 e. The van der Waals surface area contributed by atoms with Crippen molar-refractivity contribution in [3.05, 3.63) is 17.0 Å². The molecule has 1 aromatic rings. The molecule has 3 heteroatoms. The Morgan fingerprint density at radius 3 is 2.82 bits per heavy atom. The molecule has 1 unspecified atom stereocenters. The molecule has 1 aliphatic rings. The first-order valence-corrected chi connectivity index (χ1v) is 6.61. The number of nitrogens with one attached hydrogen (secondary N) is 1. The molecule has 0 aliphatic heterocycles. The summed E-state index contributed by atoms with van der Waals surface area (Å²) in [5.41, 5.74) is 2.67. The van der Waals surface area contributed by atoms with Gasteiger partial charge in [0.25, 0.3) is 0 Å². The molecule has 2 rings (SSSR count). The summed E-state index contributed by atoms with van der Waals surface area (Å²) < 4.78 is 5.52. The molecule has 0 fully saturated rings. The van der Waals surface area contributed by atoms with Crippen molar-refractivity contribution < 1.29 is 4.52 Å². The van der Waals surface area contributed by atoms with Gasteiger partial charge in [-0.05, 0) is 24.3 Å². The smallest absolute Gasteiger partial charge is 0.143 e. The second kappa shape index (κ2) is 4.45. The van der Waals surface area contributed by atoms with Crippen molar-refractivity contribution in [1.29, 1.82) is 0 Å². The Kier molecular flexibility index (Phi) is 3.30.